The average molecular weight is 392 g/mol. The summed E-state index contributed by atoms with van der Waals surface area (Å²) in [5, 5.41) is 2.87. The molecule has 0 radical (unpaired) electrons. The van der Waals surface area contributed by atoms with Gasteiger partial charge in [-0.05, 0) is 48.4 Å². The Morgan fingerprint density at radius 3 is 2.36 bits per heavy atom. The summed E-state index contributed by atoms with van der Waals surface area (Å²) in [6, 6.07) is 12.5. The lowest BCUT2D eigenvalue weighted by molar-refractivity contribution is -0.117. The van der Waals surface area contributed by atoms with Crippen LogP contribution in [0, 0.1) is 0 Å². The van der Waals surface area contributed by atoms with Gasteiger partial charge in [0.25, 0.3) is 0 Å². The van der Waals surface area contributed by atoms with Crippen LogP contribution < -0.4 is 14.8 Å². The lowest BCUT2D eigenvalue weighted by Crippen LogP contribution is -2.29. The van der Waals surface area contributed by atoms with E-state index in [-0.39, 0.29) is 24.0 Å². The van der Waals surface area contributed by atoms with Crippen molar-refractivity contribution < 1.29 is 23.0 Å². The molecule has 0 heterocycles. The number of carbonyl (C=O) groups is 1. The van der Waals surface area contributed by atoms with E-state index < -0.39 is 6.61 Å². The number of hydrogen-bond acceptors (Lipinski definition) is 4. The first-order chi connectivity index (χ1) is 13.3. The summed E-state index contributed by atoms with van der Waals surface area (Å²) >= 11 is 0. The molecule has 152 valence electrons. The summed E-state index contributed by atoms with van der Waals surface area (Å²) in [6.45, 7) is 1.95. The first-order valence-electron chi connectivity index (χ1n) is 8.98. The number of amides is 1. The summed E-state index contributed by atoms with van der Waals surface area (Å²) in [5.74, 6) is 0.502. The molecule has 0 saturated carbocycles. The van der Waals surface area contributed by atoms with Gasteiger partial charge in [-0.1, -0.05) is 32.0 Å². The Kier molecular flexibility index (Phi) is 7.75. The van der Waals surface area contributed by atoms with Crippen molar-refractivity contribution in [3.63, 3.8) is 0 Å². The van der Waals surface area contributed by atoms with Gasteiger partial charge in [0, 0.05) is 12.2 Å². The van der Waals surface area contributed by atoms with Crippen molar-refractivity contribution in [2.45, 2.75) is 32.9 Å². The maximum atomic E-state index is 12.4. The fraction of sp³-hybridized carbons (Fsp3) is 0.381. The van der Waals surface area contributed by atoms with Crippen molar-refractivity contribution in [2.24, 2.45) is 0 Å². The van der Waals surface area contributed by atoms with E-state index in [2.05, 4.69) is 23.9 Å². The van der Waals surface area contributed by atoms with Gasteiger partial charge >= 0.3 is 6.61 Å². The molecule has 2 aromatic carbocycles. The Morgan fingerprint density at radius 1 is 1.11 bits per heavy atom. The first kappa shape index (κ1) is 21.6. The van der Waals surface area contributed by atoms with Gasteiger partial charge in [-0.15, -0.1) is 0 Å². The molecule has 0 saturated heterocycles. The molecule has 1 N–H and O–H groups in total. The summed E-state index contributed by atoms with van der Waals surface area (Å²) in [4.78, 5) is 14.1. The maximum Gasteiger partial charge on any atom is 0.387 e. The predicted octanol–water partition coefficient (Wildman–Crippen LogP) is 4.49. The van der Waals surface area contributed by atoms with Gasteiger partial charge in [0.05, 0.1) is 13.7 Å². The van der Waals surface area contributed by atoms with Gasteiger partial charge in [0.1, 0.15) is 0 Å². The Morgan fingerprint density at radius 2 is 1.79 bits per heavy atom. The molecule has 0 unspecified atom stereocenters. The van der Waals surface area contributed by atoms with E-state index in [0.717, 1.165) is 11.3 Å². The van der Waals surface area contributed by atoms with E-state index in [1.54, 1.807) is 19.2 Å². The van der Waals surface area contributed by atoms with E-state index in [4.69, 9.17) is 4.74 Å². The van der Waals surface area contributed by atoms with E-state index in [1.807, 2.05) is 29.2 Å². The fourth-order valence-electron chi connectivity index (χ4n) is 2.77. The molecule has 0 aliphatic carbocycles. The van der Waals surface area contributed by atoms with Crippen LogP contribution in [0.2, 0.25) is 0 Å². The van der Waals surface area contributed by atoms with Gasteiger partial charge in [-0.25, -0.2) is 0 Å². The number of anilines is 1. The van der Waals surface area contributed by atoms with E-state index >= 15 is 0 Å². The number of alkyl halides is 2. The molecule has 0 aromatic heterocycles. The van der Waals surface area contributed by atoms with Crippen LogP contribution in [0.3, 0.4) is 0 Å². The molecular formula is C21H26F2N2O3. The normalized spacial score (nSPS) is 11.2. The van der Waals surface area contributed by atoms with E-state index in [9.17, 15) is 13.6 Å². The largest absolute Gasteiger partial charge is 0.493 e. The third-order valence-corrected chi connectivity index (χ3v) is 4.17. The molecule has 2 aromatic rings. The zero-order valence-electron chi connectivity index (χ0n) is 16.5. The van der Waals surface area contributed by atoms with Crippen LogP contribution in [0.4, 0.5) is 14.5 Å². The topological polar surface area (TPSA) is 50.8 Å². The Bertz CT molecular complexity index is 780. The zero-order valence-corrected chi connectivity index (χ0v) is 16.5. The third-order valence-electron chi connectivity index (χ3n) is 4.17. The van der Waals surface area contributed by atoms with Gasteiger partial charge in [-0.3, -0.25) is 9.69 Å². The van der Waals surface area contributed by atoms with Gasteiger partial charge < -0.3 is 14.8 Å². The highest BCUT2D eigenvalue weighted by Gasteiger charge is 2.13. The fourth-order valence-corrected chi connectivity index (χ4v) is 2.77. The molecule has 0 aliphatic heterocycles. The minimum atomic E-state index is -2.92. The standard InChI is InChI=1S/C21H26F2N2O3/c1-14(2)16-6-8-17(9-7-16)24-20(26)13-25(3)12-15-5-10-18(28-21(22)23)19(11-15)27-4/h5-11,14,21H,12-13H2,1-4H3,(H,24,26). The van der Waals surface area contributed by atoms with Crippen molar-refractivity contribution in [2.75, 3.05) is 26.0 Å². The van der Waals surface area contributed by atoms with Crippen LogP contribution in [0.15, 0.2) is 42.5 Å². The lowest BCUT2D eigenvalue weighted by atomic mass is 10.0. The molecular weight excluding hydrogens is 366 g/mol. The molecule has 7 heteroatoms. The molecule has 0 spiro atoms. The Labute approximate surface area is 164 Å². The average Bonchev–Trinajstić information content (AvgIpc) is 2.62. The molecule has 1 amide bonds. The van der Waals surface area contributed by atoms with Gasteiger partial charge in [-0.2, -0.15) is 8.78 Å². The van der Waals surface area contributed by atoms with E-state index in [0.29, 0.717) is 12.5 Å². The van der Waals surface area contributed by atoms with Crippen LogP contribution in [-0.4, -0.2) is 38.1 Å². The minimum absolute atomic E-state index is 0.0218. The molecule has 2 rings (SSSR count). The van der Waals surface area contributed by atoms with Crippen LogP contribution in [-0.2, 0) is 11.3 Å². The number of ether oxygens (including phenoxy) is 2. The van der Waals surface area contributed by atoms with Crippen LogP contribution >= 0.6 is 0 Å². The SMILES string of the molecule is COc1cc(CN(C)CC(=O)Nc2ccc(C(C)C)cc2)ccc1OC(F)F. The number of methoxy groups -OCH3 is 1. The number of rotatable bonds is 9. The number of nitrogens with one attached hydrogen (secondary N) is 1. The predicted molar refractivity (Wildman–Crippen MR) is 105 cm³/mol. The number of benzene rings is 2. The maximum absolute atomic E-state index is 12.4. The highest BCUT2D eigenvalue weighted by atomic mass is 19.3. The Balaban J connectivity index is 1.92. The number of carbonyl (C=O) groups excluding carboxylic acids is 1. The quantitative estimate of drug-likeness (QED) is 0.683. The smallest absolute Gasteiger partial charge is 0.387 e. The Hall–Kier alpha value is -2.67. The number of hydrogen-bond donors (Lipinski definition) is 1. The highest BCUT2D eigenvalue weighted by Crippen LogP contribution is 2.29. The van der Waals surface area contributed by atoms with E-state index in [1.165, 1.54) is 18.7 Å². The van der Waals surface area contributed by atoms with Crippen molar-refractivity contribution in [3.05, 3.63) is 53.6 Å². The molecule has 0 fully saturated rings. The minimum Gasteiger partial charge on any atom is -0.493 e. The van der Waals surface area contributed by atoms with Gasteiger partial charge in [0.2, 0.25) is 5.91 Å². The monoisotopic (exact) mass is 392 g/mol. The van der Waals surface area contributed by atoms with Crippen molar-refractivity contribution >= 4 is 11.6 Å². The summed E-state index contributed by atoms with van der Waals surface area (Å²) in [7, 11) is 3.19. The number of nitrogens with zero attached hydrogens (tertiary/aromatic N) is 1. The van der Waals surface area contributed by atoms with Crippen molar-refractivity contribution in [1.82, 2.24) is 4.90 Å². The summed E-state index contributed by atoms with van der Waals surface area (Å²) < 4.78 is 34.3. The van der Waals surface area contributed by atoms with Crippen LogP contribution in [0.1, 0.15) is 30.9 Å². The van der Waals surface area contributed by atoms with Crippen molar-refractivity contribution in [1.29, 1.82) is 0 Å². The highest BCUT2D eigenvalue weighted by molar-refractivity contribution is 5.92. The van der Waals surface area contributed by atoms with Gasteiger partial charge in [0.15, 0.2) is 11.5 Å². The zero-order chi connectivity index (χ0) is 20.7. The van der Waals surface area contributed by atoms with Crippen LogP contribution in [0.5, 0.6) is 11.5 Å². The third kappa shape index (κ3) is 6.49. The second-order valence-corrected chi connectivity index (χ2v) is 6.86. The second kappa shape index (κ2) is 10.0. The molecule has 0 atom stereocenters. The summed E-state index contributed by atoms with van der Waals surface area (Å²) in [5.41, 5.74) is 2.77. The number of likely N-dealkylation sites (N-methyl/N-ethyl adjacent to an activating group) is 1. The molecule has 0 aliphatic rings. The second-order valence-electron chi connectivity index (χ2n) is 6.86. The first-order valence-corrected chi connectivity index (χ1v) is 8.98. The van der Waals surface area contributed by atoms with Crippen LogP contribution in [0.25, 0.3) is 0 Å². The van der Waals surface area contributed by atoms with Crippen molar-refractivity contribution in [3.8, 4) is 11.5 Å². The lowest BCUT2D eigenvalue weighted by Gasteiger charge is -2.18. The molecule has 5 nitrogen and oxygen atoms in total. The molecule has 0 bridgehead atoms. The molecule has 28 heavy (non-hydrogen) atoms. The number of halogens is 2. The summed E-state index contributed by atoms with van der Waals surface area (Å²) in [6.07, 6.45) is 0.